The summed E-state index contributed by atoms with van der Waals surface area (Å²) in [5, 5.41) is 2.11. The van der Waals surface area contributed by atoms with E-state index in [2.05, 4.69) is 28.6 Å². The van der Waals surface area contributed by atoms with Crippen molar-refractivity contribution in [3.05, 3.63) is 46.9 Å². The molecular formula is C39H65NO7S2. The van der Waals surface area contributed by atoms with Crippen LogP contribution in [0.5, 0.6) is 0 Å². The molecule has 0 radical (unpaired) electrons. The number of aryl methyl sites for hydroxylation is 2. The van der Waals surface area contributed by atoms with Crippen molar-refractivity contribution in [2.75, 3.05) is 13.2 Å². The summed E-state index contributed by atoms with van der Waals surface area (Å²) in [6, 6.07) is 5.78. The summed E-state index contributed by atoms with van der Waals surface area (Å²) in [4.78, 5) is 11.9. The fraction of sp³-hybridized carbons (Fsp3) is 0.744. The standard InChI is InChI=1S/C32H58NO4S.C7H8O3S/c1-2-3-4-5-6-7-8-9-10-11-12-13-14-17-20-23-32-36-28-30(37-32)27-35-31(34)22-19-16-15-18-21-24-33-25-26-38-29-33;1-6-2-4-7(5-3-6)11(8,9)10/h25-26,29-30,32H,2-24,27-28H2,1H3;2-5H,1H3,(H,8,9,10)/q+1;/p-1/t30-,32-;/m0./s1. The molecule has 1 aromatic heterocycles. The second-order valence-electron chi connectivity index (χ2n) is 13.5. The average molecular weight is 724 g/mol. The van der Waals surface area contributed by atoms with Gasteiger partial charge in [-0.2, -0.15) is 4.57 Å². The minimum absolute atomic E-state index is 0.102. The molecule has 0 N–H and O–H groups in total. The van der Waals surface area contributed by atoms with Crippen LogP contribution in [0, 0.1) is 6.92 Å². The molecule has 0 saturated carbocycles. The van der Waals surface area contributed by atoms with Crippen LogP contribution in [0.4, 0.5) is 0 Å². The van der Waals surface area contributed by atoms with Crippen molar-refractivity contribution >= 4 is 27.4 Å². The molecule has 49 heavy (non-hydrogen) atoms. The molecule has 0 amide bonds. The normalized spacial score (nSPS) is 16.0. The van der Waals surface area contributed by atoms with Gasteiger partial charge in [0.2, 0.25) is 5.51 Å². The molecule has 8 nitrogen and oxygen atoms in total. The van der Waals surface area contributed by atoms with E-state index in [1.165, 1.54) is 121 Å². The summed E-state index contributed by atoms with van der Waals surface area (Å²) in [5.41, 5.74) is 3.08. The summed E-state index contributed by atoms with van der Waals surface area (Å²) in [5.74, 6) is -0.103. The largest absolute Gasteiger partial charge is 0.744 e. The fourth-order valence-corrected chi connectivity index (χ4v) is 6.97. The Morgan fingerprint density at radius 1 is 0.837 bits per heavy atom. The highest BCUT2D eigenvalue weighted by Gasteiger charge is 2.26. The van der Waals surface area contributed by atoms with Crippen molar-refractivity contribution in [2.24, 2.45) is 0 Å². The predicted octanol–water partition coefficient (Wildman–Crippen LogP) is 9.82. The molecule has 2 heterocycles. The zero-order valence-electron chi connectivity index (χ0n) is 30.5. The molecule has 0 spiro atoms. The van der Waals surface area contributed by atoms with E-state index in [1.807, 2.05) is 6.92 Å². The lowest BCUT2D eigenvalue weighted by atomic mass is 10.0. The van der Waals surface area contributed by atoms with Crippen LogP contribution >= 0.6 is 11.3 Å². The second kappa shape index (κ2) is 27.8. The maximum atomic E-state index is 12.0. The van der Waals surface area contributed by atoms with E-state index in [0.29, 0.717) is 19.6 Å². The number of benzene rings is 1. The third-order valence-electron chi connectivity index (χ3n) is 8.92. The monoisotopic (exact) mass is 723 g/mol. The number of carbonyl (C=O) groups is 1. The Morgan fingerprint density at radius 3 is 1.94 bits per heavy atom. The van der Waals surface area contributed by atoms with Crippen LogP contribution in [0.1, 0.15) is 154 Å². The Bertz CT molecular complexity index is 1170. The summed E-state index contributed by atoms with van der Waals surface area (Å²) < 4.78 is 50.5. The average Bonchev–Trinajstić information content (AvgIpc) is 3.78. The quantitative estimate of drug-likeness (QED) is 0.0391. The van der Waals surface area contributed by atoms with Crippen molar-refractivity contribution in [3.63, 3.8) is 0 Å². The first-order chi connectivity index (χ1) is 23.8. The molecule has 0 aliphatic carbocycles. The maximum absolute atomic E-state index is 12.0. The highest BCUT2D eigenvalue weighted by atomic mass is 32.2. The number of esters is 1. The van der Waals surface area contributed by atoms with Gasteiger partial charge in [0, 0.05) is 12.8 Å². The van der Waals surface area contributed by atoms with E-state index >= 15 is 0 Å². The minimum atomic E-state index is -4.27. The van der Waals surface area contributed by atoms with Crippen LogP contribution in [0.2, 0.25) is 0 Å². The number of unbranched alkanes of at least 4 members (excludes halogenated alkanes) is 18. The highest BCUT2D eigenvalue weighted by molar-refractivity contribution is 7.85. The Hall–Kier alpha value is -1.85. The van der Waals surface area contributed by atoms with Crippen LogP contribution in [0.15, 0.2) is 46.2 Å². The number of ether oxygens (including phenoxy) is 3. The zero-order chi connectivity index (χ0) is 35.4. The van der Waals surface area contributed by atoms with E-state index in [9.17, 15) is 17.8 Å². The van der Waals surface area contributed by atoms with Crippen LogP contribution in [-0.2, 0) is 35.7 Å². The first-order valence-corrected chi connectivity index (χ1v) is 21.5. The van der Waals surface area contributed by atoms with E-state index in [0.717, 1.165) is 37.8 Å². The van der Waals surface area contributed by atoms with E-state index in [1.54, 1.807) is 23.5 Å². The second-order valence-corrected chi connectivity index (χ2v) is 15.6. The number of rotatable bonds is 27. The molecule has 1 aliphatic rings. The summed E-state index contributed by atoms with van der Waals surface area (Å²) in [7, 11) is -4.27. The van der Waals surface area contributed by atoms with Gasteiger partial charge in [0.15, 0.2) is 12.5 Å². The number of carbonyl (C=O) groups excluding carboxylic acids is 1. The van der Waals surface area contributed by atoms with Crippen LogP contribution in [0.25, 0.3) is 0 Å². The van der Waals surface area contributed by atoms with Crippen molar-refractivity contribution in [1.29, 1.82) is 0 Å². The predicted molar refractivity (Wildman–Crippen MR) is 196 cm³/mol. The van der Waals surface area contributed by atoms with Gasteiger partial charge < -0.3 is 18.8 Å². The van der Waals surface area contributed by atoms with Gasteiger partial charge in [-0.25, -0.2) is 8.42 Å². The molecule has 1 fully saturated rings. The Morgan fingerprint density at radius 2 is 1.39 bits per heavy atom. The minimum Gasteiger partial charge on any atom is -0.744 e. The molecule has 1 aliphatic heterocycles. The van der Waals surface area contributed by atoms with Crippen LogP contribution in [-0.4, -0.2) is 44.5 Å². The Balaban J connectivity index is 0.000000639. The first-order valence-electron chi connectivity index (χ1n) is 19.1. The van der Waals surface area contributed by atoms with Crippen molar-refractivity contribution in [3.8, 4) is 0 Å². The summed E-state index contributed by atoms with van der Waals surface area (Å²) in [6.07, 6.45) is 29.6. The Labute approximate surface area is 302 Å². The van der Waals surface area contributed by atoms with Crippen LogP contribution in [0.3, 0.4) is 0 Å². The lowest BCUT2D eigenvalue weighted by Crippen LogP contribution is -2.29. The molecule has 0 unspecified atom stereocenters. The Kier molecular flexibility index (Phi) is 24.6. The van der Waals surface area contributed by atoms with Crippen molar-refractivity contribution in [1.82, 2.24) is 0 Å². The van der Waals surface area contributed by atoms with Crippen molar-refractivity contribution < 1.29 is 36.5 Å². The number of hydrogen-bond donors (Lipinski definition) is 0. The van der Waals surface area contributed by atoms with Crippen LogP contribution < -0.4 is 4.57 Å². The van der Waals surface area contributed by atoms with Gasteiger partial charge in [0.25, 0.3) is 0 Å². The topological polar surface area (TPSA) is 106 Å². The molecule has 0 bridgehead atoms. The van der Waals surface area contributed by atoms with Gasteiger partial charge >= 0.3 is 5.97 Å². The van der Waals surface area contributed by atoms with Gasteiger partial charge in [-0.1, -0.05) is 139 Å². The van der Waals surface area contributed by atoms with Crippen molar-refractivity contribution in [2.45, 2.75) is 179 Å². The molecule has 2 aromatic rings. The van der Waals surface area contributed by atoms with Gasteiger partial charge in [0.1, 0.15) is 29.4 Å². The van der Waals surface area contributed by atoms with E-state index in [4.69, 9.17) is 14.2 Å². The van der Waals surface area contributed by atoms with Gasteiger partial charge in [-0.15, -0.1) is 0 Å². The lowest BCUT2D eigenvalue weighted by molar-refractivity contribution is -0.692. The third kappa shape index (κ3) is 23.3. The van der Waals surface area contributed by atoms with Gasteiger partial charge in [-0.05, 0) is 44.7 Å². The number of nitrogens with zero attached hydrogens (tertiary/aromatic N) is 1. The highest BCUT2D eigenvalue weighted by Crippen LogP contribution is 2.19. The van der Waals surface area contributed by atoms with Gasteiger partial charge in [0.05, 0.1) is 16.9 Å². The molecular weight excluding hydrogens is 659 g/mol. The zero-order valence-corrected chi connectivity index (χ0v) is 32.1. The molecule has 3 rings (SSSR count). The van der Waals surface area contributed by atoms with E-state index in [-0.39, 0.29) is 23.3 Å². The number of hydrogen-bond acceptors (Lipinski definition) is 8. The lowest BCUT2D eigenvalue weighted by Gasteiger charge is -2.12. The molecule has 2 atom stereocenters. The number of aromatic nitrogens is 1. The summed E-state index contributed by atoms with van der Waals surface area (Å²) in [6.45, 7) is 6.06. The third-order valence-corrected chi connectivity index (χ3v) is 10.4. The molecule has 1 aromatic carbocycles. The smallest absolute Gasteiger partial charge is 0.305 e. The number of thiazole rings is 1. The van der Waals surface area contributed by atoms with Gasteiger partial charge in [-0.3, -0.25) is 4.79 Å². The maximum Gasteiger partial charge on any atom is 0.305 e. The SMILES string of the molecule is CCCCCCCCCCCCCCCCC[C@H]1OC[C@H](COC(=O)CCCCCCC[n+]2ccsc2)O1.Cc1ccc(S(=O)(=O)[O-])cc1. The molecule has 280 valence electrons. The fourth-order valence-electron chi connectivity index (χ4n) is 5.87. The summed E-state index contributed by atoms with van der Waals surface area (Å²) >= 11 is 1.73. The molecule has 1 saturated heterocycles. The molecule has 10 heteroatoms. The first kappa shape index (κ1) is 43.3. The van der Waals surface area contributed by atoms with E-state index < -0.39 is 10.1 Å².